The fourth-order valence-electron chi connectivity index (χ4n) is 1.55. The van der Waals surface area contributed by atoms with Gasteiger partial charge in [-0.25, -0.2) is 0 Å². The molecule has 0 aliphatic carbocycles. The number of aryl methyl sites for hydroxylation is 1. The van der Waals surface area contributed by atoms with E-state index in [1.807, 2.05) is 55.5 Å². The van der Waals surface area contributed by atoms with Gasteiger partial charge in [0.15, 0.2) is 6.29 Å². The van der Waals surface area contributed by atoms with Gasteiger partial charge in [-0.2, -0.15) is 0 Å². The van der Waals surface area contributed by atoms with Crippen LogP contribution in [-0.2, 0) is 0 Å². The van der Waals surface area contributed by atoms with Gasteiger partial charge in [-0.3, -0.25) is 4.79 Å². The molecule has 0 heterocycles. The number of benzene rings is 2. The molecular weight excluding hydrogens is 208 g/mol. The van der Waals surface area contributed by atoms with Gasteiger partial charge >= 0.3 is 0 Å². The summed E-state index contributed by atoms with van der Waals surface area (Å²) in [6, 6.07) is 15.4. The summed E-state index contributed by atoms with van der Waals surface area (Å²) < 4.78 is 0. The highest BCUT2D eigenvalue weighted by atomic mass is 16.1. The van der Waals surface area contributed by atoms with Crippen LogP contribution in [-0.4, -0.2) is 6.29 Å². The molecule has 0 fully saturated rings. The van der Waals surface area contributed by atoms with E-state index in [1.165, 1.54) is 0 Å². The van der Waals surface area contributed by atoms with Crippen LogP contribution in [0.3, 0.4) is 0 Å². The molecule has 0 bridgehead atoms. The quantitative estimate of drug-likeness (QED) is 0.532. The van der Waals surface area contributed by atoms with Crippen LogP contribution in [0.5, 0.6) is 0 Å². The molecule has 0 aliphatic rings. The van der Waals surface area contributed by atoms with E-state index in [1.54, 1.807) is 0 Å². The smallest absolute Gasteiger partial charge is 0.151 e. The third-order valence-electron chi connectivity index (χ3n) is 2.45. The van der Waals surface area contributed by atoms with E-state index >= 15 is 0 Å². The second-order valence-electron chi connectivity index (χ2n) is 3.82. The van der Waals surface area contributed by atoms with Crippen molar-refractivity contribution >= 4 is 6.29 Å². The zero-order valence-corrected chi connectivity index (χ0v) is 9.60. The van der Waals surface area contributed by atoms with Crippen molar-refractivity contribution in [2.24, 2.45) is 0 Å². The predicted molar refractivity (Wildman–Crippen MR) is 69.0 cm³/mol. The van der Waals surface area contributed by atoms with Crippen LogP contribution in [0.25, 0.3) is 0 Å². The van der Waals surface area contributed by atoms with E-state index < -0.39 is 0 Å². The fraction of sp³-hybridized carbons (Fsp3) is 0.0625. The normalized spacial score (nSPS) is 9.24. The number of aldehydes is 1. The van der Waals surface area contributed by atoms with Crippen LogP contribution in [0, 0.1) is 18.8 Å². The Morgan fingerprint density at radius 3 is 2.47 bits per heavy atom. The number of hydrogen-bond acceptors (Lipinski definition) is 1. The van der Waals surface area contributed by atoms with Gasteiger partial charge in [-0.05, 0) is 31.2 Å². The highest BCUT2D eigenvalue weighted by Gasteiger charge is 1.98. The Morgan fingerprint density at radius 2 is 1.76 bits per heavy atom. The molecule has 17 heavy (non-hydrogen) atoms. The van der Waals surface area contributed by atoms with E-state index in [2.05, 4.69) is 11.8 Å². The summed E-state index contributed by atoms with van der Waals surface area (Å²) in [5.74, 6) is 6.07. The molecule has 0 aliphatic heterocycles. The minimum atomic E-state index is 0.647. The Kier molecular flexibility index (Phi) is 3.37. The minimum Gasteiger partial charge on any atom is -0.298 e. The zero-order chi connectivity index (χ0) is 12.1. The highest BCUT2D eigenvalue weighted by molar-refractivity contribution is 5.79. The summed E-state index contributed by atoms with van der Waals surface area (Å²) in [6.45, 7) is 1.96. The first kappa shape index (κ1) is 11.2. The summed E-state index contributed by atoms with van der Waals surface area (Å²) in [7, 11) is 0. The molecule has 82 valence electrons. The van der Waals surface area contributed by atoms with E-state index in [0.717, 1.165) is 23.0 Å². The number of carbonyl (C=O) groups is 1. The van der Waals surface area contributed by atoms with Crippen molar-refractivity contribution in [3.05, 3.63) is 70.8 Å². The van der Waals surface area contributed by atoms with Crippen LogP contribution in [0.1, 0.15) is 27.0 Å². The van der Waals surface area contributed by atoms with Crippen molar-refractivity contribution in [3.63, 3.8) is 0 Å². The van der Waals surface area contributed by atoms with Crippen LogP contribution in [0.2, 0.25) is 0 Å². The van der Waals surface area contributed by atoms with Crippen LogP contribution >= 0.6 is 0 Å². The molecule has 0 spiro atoms. The molecule has 2 rings (SSSR count). The third-order valence-corrected chi connectivity index (χ3v) is 2.45. The van der Waals surface area contributed by atoms with E-state index in [-0.39, 0.29) is 0 Å². The Balaban J connectivity index is 2.37. The van der Waals surface area contributed by atoms with Crippen LogP contribution in [0.15, 0.2) is 48.5 Å². The van der Waals surface area contributed by atoms with Crippen LogP contribution < -0.4 is 0 Å². The van der Waals surface area contributed by atoms with Crippen molar-refractivity contribution in [1.82, 2.24) is 0 Å². The molecule has 0 atom stereocenters. The third kappa shape index (κ3) is 2.83. The molecule has 0 N–H and O–H groups in total. The van der Waals surface area contributed by atoms with E-state index in [0.29, 0.717) is 5.56 Å². The van der Waals surface area contributed by atoms with E-state index in [9.17, 15) is 4.79 Å². The first-order valence-electron chi connectivity index (χ1n) is 5.42. The summed E-state index contributed by atoms with van der Waals surface area (Å²) in [4.78, 5) is 10.9. The Hall–Kier alpha value is -2.33. The Morgan fingerprint density at radius 1 is 1.00 bits per heavy atom. The molecule has 0 radical (unpaired) electrons. The largest absolute Gasteiger partial charge is 0.298 e. The SMILES string of the molecule is Cc1ccc(C#Cc2ccccc2)c(C=O)c1. The Labute approximate surface area is 101 Å². The summed E-state index contributed by atoms with van der Waals surface area (Å²) in [5.41, 5.74) is 3.44. The van der Waals surface area contributed by atoms with Gasteiger partial charge in [0.05, 0.1) is 0 Å². The Bertz CT molecular complexity index is 586. The minimum absolute atomic E-state index is 0.647. The number of hydrogen-bond donors (Lipinski definition) is 0. The first-order valence-corrected chi connectivity index (χ1v) is 5.42. The van der Waals surface area contributed by atoms with Gasteiger partial charge in [0.25, 0.3) is 0 Å². The maximum atomic E-state index is 10.9. The van der Waals surface area contributed by atoms with Crippen molar-refractivity contribution in [2.75, 3.05) is 0 Å². The molecule has 0 saturated carbocycles. The molecule has 0 aromatic heterocycles. The molecular formula is C16H12O. The standard InChI is InChI=1S/C16H12O/c1-13-7-9-15(16(11-13)12-17)10-8-14-5-3-2-4-6-14/h2-7,9,11-12H,1H3. The summed E-state index contributed by atoms with van der Waals surface area (Å²) >= 11 is 0. The summed E-state index contributed by atoms with van der Waals surface area (Å²) in [5, 5.41) is 0. The average molecular weight is 220 g/mol. The van der Waals surface area contributed by atoms with Gasteiger partial charge in [0.2, 0.25) is 0 Å². The topological polar surface area (TPSA) is 17.1 Å². The number of rotatable bonds is 1. The lowest BCUT2D eigenvalue weighted by Gasteiger charge is -1.97. The lowest BCUT2D eigenvalue weighted by atomic mass is 10.1. The van der Waals surface area contributed by atoms with Crippen molar-refractivity contribution in [1.29, 1.82) is 0 Å². The average Bonchev–Trinajstić information content (AvgIpc) is 2.38. The second-order valence-corrected chi connectivity index (χ2v) is 3.82. The second kappa shape index (κ2) is 5.14. The maximum absolute atomic E-state index is 10.9. The molecule has 2 aromatic rings. The first-order chi connectivity index (χ1) is 8.29. The van der Waals surface area contributed by atoms with Crippen molar-refractivity contribution in [3.8, 4) is 11.8 Å². The lowest BCUT2D eigenvalue weighted by molar-refractivity contribution is 0.112. The lowest BCUT2D eigenvalue weighted by Crippen LogP contribution is -1.88. The molecule has 1 heteroatoms. The van der Waals surface area contributed by atoms with Gasteiger partial charge in [0, 0.05) is 16.7 Å². The molecule has 0 unspecified atom stereocenters. The highest BCUT2D eigenvalue weighted by Crippen LogP contribution is 2.08. The zero-order valence-electron chi connectivity index (χ0n) is 9.60. The van der Waals surface area contributed by atoms with Gasteiger partial charge in [-0.1, -0.05) is 41.7 Å². The van der Waals surface area contributed by atoms with Gasteiger partial charge < -0.3 is 0 Å². The monoisotopic (exact) mass is 220 g/mol. The van der Waals surface area contributed by atoms with Crippen molar-refractivity contribution in [2.45, 2.75) is 6.92 Å². The molecule has 0 saturated heterocycles. The van der Waals surface area contributed by atoms with Gasteiger partial charge in [0.1, 0.15) is 0 Å². The van der Waals surface area contributed by atoms with Crippen molar-refractivity contribution < 1.29 is 4.79 Å². The number of carbonyl (C=O) groups excluding carboxylic acids is 1. The maximum Gasteiger partial charge on any atom is 0.151 e. The molecule has 0 amide bonds. The molecule has 2 aromatic carbocycles. The summed E-state index contributed by atoms with van der Waals surface area (Å²) in [6.07, 6.45) is 0.849. The van der Waals surface area contributed by atoms with Crippen LogP contribution in [0.4, 0.5) is 0 Å². The van der Waals surface area contributed by atoms with Gasteiger partial charge in [-0.15, -0.1) is 0 Å². The predicted octanol–water partition coefficient (Wildman–Crippen LogP) is 3.21. The molecule has 1 nitrogen and oxygen atoms in total. The van der Waals surface area contributed by atoms with E-state index in [4.69, 9.17) is 0 Å². The fourth-order valence-corrected chi connectivity index (χ4v) is 1.55.